The number of aryl methyl sites for hydroxylation is 2. The van der Waals surface area contributed by atoms with E-state index < -0.39 is 0 Å². The van der Waals surface area contributed by atoms with Crippen LogP contribution in [0.25, 0.3) is 0 Å². The third-order valence-corrected chi connectivity index (χ3v) is 3.49. The highest BCUT2D eigenvalue weighted by molar-refractivity contribution is 14.0. The Labute approximate surface area is 159 Å². The Hall–Kier alpha value is -1.64. The normalized spacial score (nSPS) is 11.0. The lowest BCUT2D eigenvalue weighted by molar-refractivity contribution is 0.624. The number of nitrogens with one attached hydrogen (secondary N) is 2. The van der Waals surface area contributed by atoms with Crippen LogP contribution in [0, 0.1) is 5.82 Å². The van der Waals surface area contributed by atoms with Gasteiger partial charge in [-0.2, -0.15) is 5.10 Å². The summed E-state index contributed by atoms with van der Waals surface area (Å²) in [6, 6.07) is 8.71. The summed E-state index contributed by atoms with van der Waals surface area (Å²) in [5.74, 6) is 0.606. The van der Waals surface area contributed by atoms with Gasteiger partial charge in [-0.05, 0) is 43.5 Å². The monoisotopic (exact) mass is 445 g/mol. The lowest BCUT2D eigenvalue weighted by Gasteiger charge is -2.11. The van der Waals surface area contributed by atoms with Crippen molar-refractivity contribution in [3.05, 3.63) is 53.6 Å². The van der Waals surface area contributed by atoms with E-state index in [2.05, 4.69) is 20.7 Å². The lowest BCUT2D eigenvalue weighted by Crippen LogP contribution is -2.37. The third-order valence-electron chi connectivity index (χ3n) is 3.49. The molecule has 1 aromatic heterocycles. The van der Waals surface area contributed by atoms with Crippen molar-refractivity contribution >= 4 is 29.9 Å². The van der Waals surface area contributed by atoms with Crippen LogP contribution in [0.3, 0.4) is 0 Å². The summed E-state index contributed by atoms with van der Waals surface area (Å²) < 4.78 is 14.9. The first-order chi connectivity index (χ1) is 11.2. The minimum Gasteiger partial charge on any atom is -0.357 e. The summed E-state index contributed by atoms with van der Waals surface area (Å²) in [7, 11) is 1.91. The Morgan fingerprint density at radius 2 is 2.12 bits per heavy atom. The van der Waals surface area contributed by atoms with Gasteiger partial charge in [0.15, 0.2) is 5.96 Å². The molecule has 0 spiro atoms. The van der Waals surface area contributed by atoms with E-state index in [1.165, 1.54) is 6.07 Å². The molecule has 2 aromatic rings. The van der Waals surface area contributed by atoms with Crippen molar-refractivity contribution < 1.29 is 4.39 Å². The molecule has 1 heterocycles. The van der Waals surface area contributed by atoms with Crippen molar-refractivity contribution in [1.29, 1.82) is 0 Å². The zero-order valence-electron chi connectivity index (χ0n) is 14.1. The molecule has 0 bridgehead atoms. The van der Waals surface area contributed by atoms with E-state index in [1.54, 1.807) is 18.3 Å². The standard InChI is InChI=1S/C17H24FN5.HI/c1-3-19-17(21-13-16-9-11-22-23(16)2)20-10-5-7-14-6-4-8-15(18)12-14;/h4,6,8-9,11-12H,3,5,7,10,13H2,1-2H3,(H2,19,20,21);1H. The average Bonchev–Trinajstić information content (AvgIpc) is 2.94. The molecule has 0 amide bonds. The molecule has 0 aliphatic heterocycles. The largest absolute Gasteiger partial charge is 0.357 e. The fourth-order valence-corrected chi connectivity index (χ4v) is 2.25. The predicted molar refractivity (Wildman–Crippen MR) is 106 cm³/mol. The first-order valence-corrected chi connectivity index (χ1v) is 7.92. The Bertz CT molecular complexity index is 641. The van der Waals surface area contributed by atoms with Crippen LogP contribution in [0.4, 0.5) is 4.39 Å². The minimum atomic E-state index is -0.179. The summed E-state index contributed by atoms with van der Waals surface area (Å²) in [6.45, 7) is 4.21. The molecule has 1 aromatic carbocycles. The summed E-state index contributed by atoms with van der Waals surface area (Å²) in [4.78, 5) is 4.55. The number of aliphatic imine (C=N–C) groups is 1. The van der Waals surface area contributed by atoms with Gasteiger partial charge in [-0.25, -0.2) is 9.38 Å². The zero-order chi connectivity index (χ0) is 16.5. The second-order valence-electron chi connectivity index (χ2n) is 5.30. The van der Waals surface area contributed by atoms with Crippen molar-refractivity contribution in [2.24, 2.45) is 12.0 Å². The van der Waals surface area contributed by atoms with Crippen LogP contribution in [0.1, 0.15) is 24.6 Å². The van der Waals surface area contributed by atoms with Crippen molar-refractivity contribution in [3.63, 3.8) is 0 Å². The van der Waals surface area contributed by atoms with Gasteiger partial charge in [-0.1, -0.05) is 12.1 Å². The third kappa shape index (κ3) is 6.86. The average molecular weight is 445 g/mol. The molecular weight excluding hydrogens is 420 g/mol. The first-order valence-electron chi connectivity index (χ1n) is 7.92. The van der Waals surface area contributed by atoms with Crippen LogP contribution in [0.15, 0.2) is 41.5 Å². The molecule has 0 saturated heterocycles. The summed E-state index contributed by atoms with van der Waals surface area (Å²) >= 11 is 0. The number of aromatic nitrogens is 2. The van der Waals surface area contributed by atoms with Crippen molar-refractivity contribution in [3.8, 4) is 0 Å². The van der Waals surface area contributed by atoms with E-state index in [9.17, 15) is 4.39 Å². The fourth-order valence-electron chi connectivity index (χ4n) is 2.25. The first kappa shape index (κ1) is 20.4. The minimum absolute atomic E-state index is 0. The van der Waals surface area contributed by atoms with E-state index >= 15 is 0 Å². The molecular formula is C17H25FIN5. The molecule has 0 atom stereocenters. The molecule has 2 N–H and O–H groups in total. The van der Waals surface area contributed by atoms with Gasteiger partial charge in [0.1, 0.15) is 5.82 Å². The van der Waals surface area contributed by atoms with Gasteiger partial charge in [-0.3, -0.25) is 4.68 Å². The summed E-state index contributed by atoms with van der Waals surface area (Å²) in [5, 5.41) is 10.7. The molecule has 0 saturated carbocycles. The van der Waals surface area contributed by atoms with Crippen LogP contribution in [-0.2, 0) is 20.0 Å². The Morgan fingerprint density at radius 3 is 2.79 bits per heavy atom. The molecule has 132 valence electrons. The second kappa shape index (κ2) is 11.0. The van der Waals surface area contributed by atoms with E-state index in [0.29, 0.717) is 6.54 Å². The highest BCUT2D eigenvalue weighted by atomic mass is 127. The molecule has 0 radical (unpaired) electrons. The van der Waals surface area contributed by atoms with Gasteiger partial charge in [-0.15, -0.1) is 24.0 Å². The summed E-state index contributed by atoms with van der Waals surface area (Å²) in [6.07, 6.45) is 3.52. The number of guanidine groups is 1. The van der Waals surface area contributed by atoms with Crippen molar-refractivity contribution in [2.45, 2.75) is 26.3 Å². The molecule has 7 heteroatoms. The van der Waals surface area contributed by atoms with Crippen LogP contribution >= 0.6 is 24.0 Å². The molecule has 24 heavy (non-hydrogen) atoms. The van der Waals surface area contributed by atoms with Crippen LogP contribution in [-0.4, -0.2) is 28.8 Å². The van der Waals surface area contributed by atoms with Gasteiger partial charge in [0.2, 0.25) is 0 Å². The Morgan fingerprint density at radius 1 is 1.29 bits per heavy atom. The van der Waals surface area contributed by atoms with Crippen LogP contribution in [0.2, 0.25) is 0 Å². The van der Waals surface area contributed by atoms with E-state index in [1.807, 2.05) is 30.8 Å². The highest BCUT2D eigenvalue weighted by Crippen LogP contribution is 2.05. The Kier molecular flexibility index (Phi) is 9.36. The number of benzene rings is 1. The number of hydrogen-bond donors (Lipinski definition) is 2. The molecule has 0 unspecified atom stereocenters. The van der Waals surface area contributed by atoms with Crippen molar-refractivity contribution in [2.75, 3.05) is 13.1 Å². The molecule has 5 nitrogen and oxygen atoms in total. The summed E-state index contributed by atoms with van der Waals surface area (Å²) in [5.41, 5.74) is 2.07. The van der Waals surface area contributed by atoms with Gasteiger partial charge < -0.3 is 10.6 Å². The van der Waals surface area contributed by atoms with Gasteiger partial charge >= 0.3 is 0 Å². The number of halogens is 2. The van der Waals surface area contributed by atoms with E-state index in [-0.39, 0.29) is 29.8 Å². The maximum absolute atomic E-state index is 13.1. The predicted octanol–water partition coefficient (Wildman–Crippen LogP) is 2.87. The number of nitrogens with zero attached hydrogens (tertiary/aromatic N) is 3. The highest BCUT2D eigenvalue weighted by Gasteiger charge is 2.01. The molecule has 0 fully saturated rings. The van der Waals surface area contributed by atoms with Gasteiger partial charge in [0, 0.05) is 26.3 Å². The number of rotatable bonds is 7. The maximum atomic E-state index is 13.1. The molecule has 2 rings (SSSR count). The second-order valence-corrected chi connectivity index (χ2v) is 5.30. The van der Waals surface area contributed by atoms with Gasteiger partial charge in [0.05, 0.1) is 12.2 Å². The fraction of sp³-hybridized carbons (Fsp3) is 0.412. The lowest BCUT2D eigenvalue weighted by atomic mass is 10.1. The zero-order valence-corrected chi connectivity index (χ0v) is 16.5. The van der Waals surface area contributed by atoms with Gasteiger partial charge in [0.25, 0.3) is 0 Å². The molecule has 0 aliphatic rings. The number of hydrogen-bond acceptors (Lipinski definition) is 2. The quantitative estimate of drug-likeness (QED) is 0.298. The smallest absolute Gasteiger partial charge is 0.191 e. The Balaban J connectivity index is 0.00000288. The van der Waals surface area contributed by atoms with Crippen LogP contribution < -0.4 is 10.6 Å². The van der Waals surface area contributed by atoms with E-state index in [0.717, 1.165) is 43.1 Å². The molecule has 0 aliphatic carbocycles. The maximum Gasteiger partial charge on any atom is 0.191 e. The van der Waals surface area contributed by atoms with Crippen LogP contribution in [0.5, 0.6) is 0 Å². The van der Waals surface area contributed by atoms with E-state index in [4.69, 9.17) is 0 Å². The van der Waals surface area contributed by atoms with Crippen molar-refractivity contribution in [1.82, 2.24) is 20.4 Å². The topological polar surface area (TPSA) is 54.2 Å². The SMILES string of the molecule is CCNC(=NCc1ccnn1C)NCCCc1cccc(F)c1.I.